The Kier molecular flexibility index (Phi) is 3.94. The molecule has 1 heterocycles. The normalized spacial score (nSPS) is 20.4. The first-order chi connectivity index (χ1) is 8.29. The highest BCUT2D eigenvalue weighted by molar-refractivity contribution is 5.50. The van der Waals surface area contributed by atoms with E-state index in [1.807, 2.05) is 6.07 Å². The van der Waals surface area contributed by atoms with Gasteiger partial charge < -0.3 is 10.6 Å². The number of rotatable bonds is 2. The maximum atomic E-state index is 13.2. The van der Waals surface area contributed by atoms with Gasteiger partial charge in [0.05, 0.1) is 5.56 Å². The minimum atomic E-state index is -0.458. The van der Waals surface area contributed by atoms with Crippen molar-refractivity contribution in [3.63, 3.8) is 0 Å². The molecule has 0 radical (unpaired) electrons. The molecule has 1 aliphatic rings. The third-order valence-corrected chi connectivity index (χ3v) is 3.03. The molecule has 3 nitrogen and oxygen atoms in total. The van der Waals surface area contributed by atoms with E-state index in [4.69, 9.17) is 5.26 Å². The van der Waals surface area contributed by atoms with E-state index in [2.05, 4.69) is 10.6 Å². The van der Waals surface area contributed by atoms with Crippen molar-refractivity contribution < 1.29 is 4.39 Å². The summed E-state index contributed by atoms with van der Waals surface area (Å²) in [5, 5.41) is 15.5. The van der Waals surface area contributed by atoms with E-state index in [-0.39, 0.29) is 5.56 Å². The predicted octanol–water partition coefficient (Wildman–Crippen LogP) is 2.25. The van der Waals surface area contributed by atoms with Crippen molar-refractivity contribution in [1.82, 2.24) is 5.32 Å². The molecule has 1 unspecified atom stereocenters. The molecule has 2 N–H and O–H groups in total. The van der Waals surface area contributed by atoms with Gasteiger partial charge >= 0.3 is 0 Å². The maximum Gasteiger partial charge on any atom is 0.141 e. The van der Waals surface area contributed by atoms with E-state index in [9.17, 15) is 4.39 Å². The van der Waals surface area contributed by atoms with Crippen LogP contribution >= 0.6 is 0 Å². The Hall–Kier alpha value is -1.60. The van der Waals surface area contributed by atoms with Gasteiger partial charge in [-0.05, 0) is 50.6 Å². The summed E-state index contributed by atoms with van der Waals surface area (Å²) in [4.78, 5) is 0. The van der Waals surface area contributed by atoms with E-state index in [1.54, 1.807) is 12.1 Å². The third kappa shape index (κ3) is 3.18. The van der Waals surface area contributed by atoms with Crippen LogP contribution < -0.4 is 10.6 Å². The molecule has 1 aromatic carbocycles. The number of anilines is 1. The number of hydrogen-bond donors (Lipinski definition) is 2. The van der Waals surface area contributed by atoms with E-state index in [0.717, 1.165) is 38.0 Å². The van der Waals surface area contributed by atoms with Gasteiger partial charge in [-0.2, -0.15) is 5.26 Å². The van der Waals surface area contributed by atoms with E-state index >= 15 is 0 Å². The van der Waals surface area contributed by atoms with E-state index in [1.165, 1.54) is 6.07 Å². The lowest BCUT2D eigenvalue weighted by Crippen LogP contribution is -2.21. The van der Waals surface area contributed by atoms with Gasteiger partial charge in [0.1, 0.15) is 11.9 Å². The molecule has 0 aromatic heterocycles. The Balaban J connectivity index is 2.05. The average Bonchev–Trinajstić information content (AvgIpc) is 2.60. The van der Waals surface area contributed by atoms with Gasteiger partial charge in [-0.1, -0.05) is 0 Å². The smallest absolute Gasteiger partial charge is 0.141 e. The SMILES string of the molecule is N#Cc1cc(NC2CCCNCC2)ccc1F. The van der Waals surface area contributed by atoms with Crippen molar-refractivity contribution in [1.29, 1.82) is 5.26 Å². The summed E-state index contributed by atoms with van der Waals surface area (Å²) in [7, 11) is 0. The first-order valence-electron chi connectivity index (χ1n) is 5.96. The molecule has 1 aliphatic heterocycles. The summed E-state index contributed by atoms with van der Waals surface area (Å²) in [6.45, 7) is 2.06. The van der Waals surface area contributed by atoms with Crippen LogP contribution in [0, 0.1) is 17.1 Å². The number of nitrogens with zero attached hydrogens (tertiary/aromatic N) is 1. The van der Waals surface area contributed by atoms with Crippen LogP contribution in [0.15, 0.2) is 18.2 Å². The molecule has 1 saturated heterocycles. The third-order valence-electron chi connectivity index (χ3n) is 3.03. The minimum Gasteiger partial charge on any atom is -0.382 e. The largest absolute Gasteiger partial charge is 0.382 e. The minimum absolute atomic E-state index is 0.0988. The van der Waals surface area contributed by atoms with Crippen molar-refractivity contribution in [2.75, 3.05) is 18.4 Å². The Bertz CT molecular complexity index is 417. The van der Waals surface area contributed by atoms with Crippen LogP contribution in [0.4, 0.5) is 10.1 Å². The van der Waals surface area contributed by atoms with Crippen molar-refractivity contribution in [3.8, 4) is 6.07 Å². The van der Waals surface area contributed by atoms with Gasteiger partial charge in [-0.15, -0.1) is 0 Å². The molecular weight excluding hydrogens is 217 g/mol. The summed E-state index contributed by atoms with van der Waals surface area (Å²) >= 11 is 0. The lowest BCUT2D eigenvalue weighted by molar-refractivity contribution is 0.621. The molecule has 0 spiro atoms. The fraction of sp³-hybridized carbons (Fsp3) is 0.462. The number of halogens is 1. The maximum absolute atomic E-state index is 13.2. The zero-order valence-corrected chi connectivity index (χ0v) is 9.67. The molecule has 2 rings (SSSR count). The van der Waals surface area contributed by atoms with Crippen molar-refractivity contribution in [2.45, 2.75) is 25.3 Å². The Labute approximate surface area is 101 Å². The quantitative estimate of drug-likeness (QED) is 0.823. The zero-order valence-electron chi connectivity index (χ0n) is 9.67. The second kappa shape index (κ2) is 5.65. The summed E-state index contributed by atoms with van der Waals surface area (Å²) in [5.74, 6) is -0.458. The predicted molar refractivity (Wildman–Crippen MR) is 65.2 cm³/mol. The molecular formula is C13H16FN3. The van der Waals surface area contributed by atoms with E-state index < -0.39 is 5.82 Å². The molecule has 1 atom stereocenters. The van der Waals surface area contributed by atoms with Gasteiger partial charge in [-0.3, -0.25) is 0 Å². The molecule has 0 saturated carbocycles. The van der Waals surface area contributed by atoms with Gasteiger partial charge in [-0.25, -0.2) is 4.39 Å². The molecule has 17 heavy (non-hydrogen) atoms. The number of hydrogen-bond acceptors (Lipinski definition) is 3. The molecule has 90 valence electrons. The van der Waals surface area contributed by atoms with Crippen LogP contribution in [0.1, 0.15) is 24.8 Å². The zero-order chi connectivity index (χ0) is 12.1. The van der Waals surface area contributed by atoms with Crippen LogP contribution in [0.2, 0.25) is 0 Å². The number of nitriles is 1. The van der Waals surface area contributed by atoms with Gasteiger partial charge in [0.25, 0.3) is 0 Å². The second-order valence-electron chi connectivity index (χ2n) is 4.33. The van der Waals surface area contributed by atoms with Crippen LogP contribution in [-0.4, -0.2) is 19.1 Å². The lowest BCUT2D eigenvalue weighted by Gasteiger charge is -2.17. The molecule has 1 fully saturated rings. The van der Waals surface area contributed by atoms with Gasteiger partial charge in [0.2, 0.25) is 0 Å². The van der Waals surface area contributed by atoms with Crippen molar-refractivity contribution in [2.24, 2.45) is 0 Å². The highest BCUT2D eigenvalue weighted by Crippen LogP contribution is 2.17. The molecule has 0 aliphatic carbocycles. The average molecular weight is 233 g/mol. The molecule has 0 bridgehead atoms. The summed E-state index contributed by atoms with van der Waals surface area (Å²) in [6.07, 6.45) is 3.30. The lowest BCUT2D eigenvalue weighted by atomic mass is 10.1. The summed E-state index contributed by atoms with van der Waals surface area (Å²) in [5.41, 5.74) is 0.927. The van der Waals surface area contributed by atoms with Crippen molar-refractivity contribution >= 4 is 5.69 Å². The Morgan fingerprint density at radius 3 is 3.06 bits per heavy atom. The fourth-order valence-electron chi connectivity index (χ4n) is 2.10. The van der Waals surface area contributed by atoms with Crippen molar-refractivity contribution in [3.05, 3.63) is 29.6 Å². The van der Waals surface area contributed by atoms with Gasteiger partial charge in [0, 0.05) is 11.7 Å². The fourth-order valence-corrected chi connectivity index (χ4v) is 2.10. The molecule has 0 amide bonds. The first-order valence-corrected chi connectivity index (χ1v) is 5.96. The molecule has 4 heteroatoms. The summed E-state index contributed by atoms with van der Waals surface area (Å²) < 4.78 is 13.2. The Morgan fingerprint density at radius 2 is 2.24 bits per heavy atom. The monoisotopic (exact) mass is 233 g/mol. The highest BCUT2D eigenvalue weighted by atomic mass is 19.1. The van der Waals surface area contributed by atoms with Gasteiger partial charge in [0.15, 0.2) is 0 Å². The molecule has 1 aromatic rings. The van der Waals surface area contributed by atoms with Crippen LogP contribution in [0.25, 0.3) is 0 Å². The Morgan fingerprint density at radius 1 is 1.35 bits per heavy atom. The van der Waals surface area contributed by atoms with Crippen LogP contribution in [-0.2, 0) is 0 Å². The second-order valence-corrected chi connectivity index (χ2v) is 4.33. The highest BCUT2D eigenvalue weighted by Gasteiger charge is 2.12. The number of benzene rings is 1. The number of nitrogens with one attached hydrogen (secondary N) is 2. The topological polar surface area (TPSA) is 47.9 Å². The standard InChI is InChI=1S/C13H16FN3/c14-13-4-3-12(8-10(13)9-15)17-11-2-1-6-16-7-5-11/h3-4,8,11,16-17H,1-2,5-7H2. The van der Waals surface area contributed by atoms with E-state index in [0.29, 0.717) is 6.04 Å². The van der Waals surface area contributed by atoms with Crippen LogP contribution in [0.3, 0.4) is 0 Å². The summed E-state index contributed by atoms with van der Waals surface area (Å²) in [6, 6.07) is 6.87. The first kappa shape index (κ1) is 11.9. The van der Waals surface area contributed by atoms with Crippen LogP contribution in [0.5, 0.6) is 0 Å².